The summed E-state index contributed by atoms with van der Waals surface area (Å²) >= 11 is 0. The predicted octanol–water partition coefficient (Wildman–Crippen LogP) is 4.68. The topological polar surface area (TPSA) is 197 Å². The van der Waals surface area contributed by atoms with Crippen molar-refractivity contribution < 1.29 is 39.6 Å². The van der Waals surface area contributed by atoms with Gasteiger partial charge in [-0.3, -0.25) is 19.2 Å². The first-order valence-corrected chi connectivity index (χ1v) is 14.1. The van der Waals surface area contributed by atoms with Gasteiger partial charge in [-0.2, -0.15) is 0 Å². The van der Waals surface area contributed by atoms with E-state index in [0.717, 1.165) is 33.4 Å². The zero-order valence-corrected chi connectivity index (χ0v) is 24.5. The molecule has 0 saturated heterocycles. The van der Waals surface area contributed by atoms with Crippen molar-refractivity contribution >= 4 is 57.8 Å². The maximum Gasteiger partial charge on any atom is 0.322 e. The lowest BCUT2D eigenvalue weighted by Gasteiger charge is -2.20. The highest BCUT2D eigenvalue weighted by Crippen LogP contribution is 2.38. The van der Waals surface area contributed by atoms with Crippen LogP contribution in [0.2, 0.25) is 0 Å². The number of rotatable bonds is 16. The summed E-state index contributed by atoms with van der Waals surface area (Å²) in [6, 6.07) is 29.1. The van der Waals surface area contributed by atoms with Crippen molar-refractivity contribution in [1.29, 1.82) is 0 Å². The van der Waals surface area contributed by atoms with Crippen LogP contribution in [-0.4, -0.2) is 70.5 Å². The van der Waals surface area contributed by atoms with Gasteiger partial charge in [-0.25, -0.2) is 0 Å². The Labute approximate surface area is 264 Å². The smallest absolute Gasteiger partial charge is 0.322 e. The highest BCUT2D eigenvalue weighted by Gasteiger charge is 2.17. The summed E-state index contributed by atoms with van der Waals surface area (Å²) < 4.78 is 0. The number of carbonyl (C=O) groups is 4. The van der Waals surface area contributed by atoms with Crippen molar-refractivity contribution in [3.8, 4) is 0 Å². The molecule has 0 aliphatic carbocycles. The van der Waals surface area contributed by atoms with Crippen molar-refractivity contribution in [2.75, 3.05) is 47.4 Å². The molecule has 0 aromatic heterocycles. The second kappa shape index (κ2) is 15.4. The first kappa shape index (κ1) is 32.6. The van der Waals surface area contributed by atoms with Crippen molar-refractivity contribution in [2.45, 2.75) is 0 Å². The average Bonchev–Trinajstić information content (AvgIpc) is 3.04. The van der Waals surface area contributed by atoms with Crippen LogP contribution in [-0.2, 0) is 19.2 Å². The van der Waals surface area contributed by atoms with Gasteiger partial charge in [-0.05, 0) is 81.9 Å². The maximum atomic E-state index is 11.1. The summed E-state index contributed by atoms with van der Waals surface area (Å²) in [5, 5.41) is 47.7. The van der Waals surface area contributed by atoms with Gasteiger partial charge in [0.05, 0.1) is 0 Å². The first-order valence-electron chi connectivity index (χ1n) is 14.1. The monoisotopic (exact) mass is 624 g/mol. The van der Waals surface area contributed by atoms with Gasteiger partial charge in [-0.1, -0.05) is 48.5 Å². The first-order chi connectivity index (χ1) is 22.1. The van der Waals surface area contributed by atoms with E-state index in [1.807, 2.05) is 48.5 Å². The van der Waals surface area contributed by atoms with Crippen LogP contribution < -0.4 is 21.3 Å². The van der Waals surface area contributed by atoms with Crippen LogP contribution in [0.25, 0.3) is 11.1 Å². The highest BCUT2D eigenvalue weighted by atomic mass is 16.4. The lowest BCUT2D eigenvalue weighted by molar-refractivity contribution is -0.135. The van der Waals surface area contributed by atoms with E-state index in [-0.39, 0.29) is 26.2 Å². The number of carboxylic acid groups (broad SMARTS) is 4. The van der Waals surface area contributed by atoms with E-state index in [4.69, 9.17) is 20.4 Å². The average molecular weight is 625 g/mol. The summed E-state index contributed by atoms with van der Waals surface area (Å²) in [5.41, 5.74) is 7.23. The quantitative estimate of drug-likeness (QED) is 0.0803. The van der Waals surface area contributed by atoms with Crippen molar-refractivity contribution in [2.24, 2.45) is 0 Å². The Kier molecular flexibility index (Phi) is 10.9. The molecule has 0 radical (unpaired) electrons. The molecule has 4 rings (SSSR count). The van der Waals surface area contributed by atoms with E-state index in [1.165, 1.54) is 0 Å². The van der Waals surface area contributed by atoms with Gasteiger partial charge >= 0.3 is 23.9 Å². The number of hydrogen-bond acceptors (Lipinski definition) is 8. The Balaban J connectivity index is 1.89. The fraction of sp³-hybridized carbons (Fsp3) is 0.118. The van der Waals surface area contributed by atoms with Crippen LogP contribution in [0.15, 0.2) is 97.1 Å². The lowest BCUT2D eigenvalue weighted by atomic mass is 9.85. The van der Waals surface area contributed by atoms with Crippen LogP contribution in [0, 0.1) is 0 Å². The summed E-state index contributed by atoms with van der Waals surface area (Å²) in [6.45, 7) is -0.990. The molecule has 0 fully saturated rings. The number of aliphatic carboxylic acids is 4. The van der Waals surface area contributed by atoms with Gasteiger partial charge in [0.1, 0.15) is 26.2 Å². The molecule has 0 amide bonds. The van der Waals surface area contributed by atoms with Gasteiger partial charge in [0.2, 0.25) is 0 Å². The summed E-state index contributed by atoms with van der Waals surface area (Å²) in [7, 11) is 0. The van der Waals surface area contributed by atoms with E-state index in [0.29, 0.717) is 22.7 Å². The van der Waals surface area contributed by atoms with Gasteiger partial charge < -0.3 is 41.7 Å². The van der Waals surface area contributed by atoms with Gasteiger partial charge in [0.25, 0.3) is 0 Å². The minimum absolute atomic E-state index is 0.247. The van der Waals surface area contributed by atoms with Crippen molar-refractivity contribution in [3.05, 3.63) is 119 Å². The molecule has 0 bridgehead atoms. The van der Waals surface area contributed by atoms with Gasteiger partial charge in [0.15, 0.2) is 0 Å². The summed E-state index contributed by atoms with van der Waals surface area (Å²) in [5.74, 6) is -3.98. The Bertz CT molecular complexity index is 1460. The zero-order valence-electron chi connectivity index (χ0n) is 24.5. The van der Waals surface area contributed by atoms with E-state index in [9.17, 15) is 19.2 Å². The third-order valence-electron chi connectivity index (χ3n) is 6.72. The van der Waals surface area contributed by atoms with E-state index >= 15 is 0 Å². The molecule has 0 saturated carbocycles. The van der Waals surface area contributed by atoms with Crippen LogP contribution in [0.5, 0.6) is 0 Å². The largest absolute Gasteiger partial charge is 0.480 e. The van der Waals surface area contributed by atoms with Crippen LogP contribution in [0.4, 0.5) is 22.7 Å². The molecule has 0 aliphatic heterocycles. The van der Waals surface area contributed by atoms with E-state index < -0.39 is 23.9 Å². The molecule has 12 heteroatoms. The fourth-order valence-electron chi connectivity index (χ4n) is 4.64. The fourth-order valence-corrected chi connectivity index (χ4v) is 4.64. The highest BCUT2D eigenvalue weighted by molar-refractivity contribution is 6.05. The Morgan fingerprint density at radius 1 is 0.348 bits per heavy atom. The third kappa shape index (κ3) is 9.35. The molecule has 8 N–H and O–H groups in total. The standard InChI is InChI=1S/C34H32N4O8/c39-29(40)17-35-25-9-1-21(2-10-25)33(22-3-11-26(12-4-22)36-18-30(41)42)34(23-5-13-27(14-6-23)37-19-31(43)44)24-7-15-28(16-8-24)38-20-32(45)46/h1-16,35-38H,17-20H2,(H,39,40)(H,41,42)(H,43,44)(H,45,46). The van der Waals surface area contributed by atoms with Crippen LogP contribution >= 0.6 is 0 Å². The molecule has 46 heavy (non-hydrogen) atoms. The minimum atomic E-state index is -0.994. The van der Waals surface area contributed by atoms with E-state index in [1.54, 1.807) is 48.5 Å². The predicted molar refractivity (Wildman–Crippen MR) is 175 cm³/mol. The molecule has 4 aromatic carbocycles. The SMILES string of the molecule is O=C(O)CNc1ccc(C(=C(c2ccc(NCC(=O)O)cc2)c2ccc(NCC(=O)O)cc2)c2ccc(NCC(=O)O)cc2)cc1. The van der Waals surface area contributed by atoms with Crippen LogP contribution in [0.3, 0.4) is 0 Å². The molecule has 0 heterocycles. The zero-order chi connectivity index (χ0) is 33.1. The van der Waals surface area contributed by atoms with Crippen molar-refractivity contribution in [3.63, 3.8) is 0 Å². The second-order valence-corrected chi connectivity index (χ2v) is 10.0. The molecule has 236 valence electrons. The number of anilines is 4. The number of nitrogens with one attached hydrogen (secondary N) is 4. The van der Waals surface area contributed by atoms with Gasteiger partial charge in [0, 0.05) is 22.7 Å². The number of benzene rings is 4. The Morgan fingerprint density at radius 2 is 0.522 bits per heavy atom. The molecular formula is C34H32N4O8. The van der Waals surface area contributed by atoms with E-state index in [2.05, 4.69) is 21.3 Å². The summed E-state index contributed by atoms with van der Waals surface area (Å²) in [6.07, 6.45) is 0. The summed E-state index contributed by atoms with van der Waals surface area (Å²) in [4.78, 5) is 44.3. The Hall–Kier alpha value is -6.30. The maximum absolute atomic E-state index is 11.1. The molecule has 0 atom stereocenters. The molecule has 0 aliphatic rings. The van der Waals surface area contributed by atoms with Gasteiger partial charge in [-0.15, -0.1) is 0 Å². The molecule has 0 unspecified atom stereocenters. The normalized spacial score (nSPS) is 10.3. The Morgan fingerprint density at radius 3 is 0.674 bits per heavy atom. The third-order valence-corrected chi connectivity index (χ3v) is 6.72. The molecule has 4 aromatic rings. The minimum Gasteiger partial charge on any atom is -0.480 e. The van der Waals surface area contributed by atoms with Crippen LogP contribution in [0.1, 0.15) is 22.3 Å². The second-order valence-electron chi connectivity index (χ2n) is 10.0. The number of hydrogen-bond donors (Lipinski definition) is 8. The number of carboxylic acids is 4. The molecular weight excluding hydrogens is 592 g/mol. The molecule has 12 nitrogen and oxygen atoms in total. The molecule has 0 spiro atoms. The lowest BCUT2D eigenvalue weighted by Crippen LogP contribution is -2.12. The van der Waals surface area contributed by atoms with Crippen molar-refractivity contribution in [1.82, 2.24) is 0 Å².